The highest BCUT2D eigenvalue weighted by molar-refractivity contribution is 6.27. The second-order valence-electron chi connectivity index (χ2n) is 8.84. The molecule has 2 aromatic rings. The third-order valence-electron chi connectivity index (χ3n) is 5.85. The number of hydrogen-bond acceptors (Lipinski definition) is 7. The number of carbonyl (C=O) groups excluding carboxylic acids is 1. The first-order valence-corrected chi connectivity index (χ1v) is 12.1. The molecule has 1 fully saturated rings. The summed E-state index contributed by atoms with van der Waals surface area (Å²) in [6.07, 6.45) is 0. The Morgan fingerprint density at radius 1 is 0.769 bits per heavy atom. The SMILES string of the molecule is Cc1cccc(CN2CCN(C(C)C(=O)NC(C)c3ccccc3)CC2)c1.O=C(O)C(=O)O.O=C(O)C(=O)O. The largest absolute Gasteiger partial charge is 0.473 e. The molecule has 2 unspecified atom stereocenters. The Kier molecular flexibility index (Phi) is 13.9. The minimum atomic E-state index is -1.82. The van der Waals surface area contributed by atoms with Crippen LogP contribution >= 0.6 is 0 Å². The van der Waals surface area contributed by atoms with Crippen LogP contribution in [0.2, 0.25) is 0 Å². The number of carboxylic acids is 4. The van der Waals surface area contributed by atoms with E-state index >= 15 is 0 Å². The topological polar surface area (TPSA) is 185 Å². The molecule has 0 radical (unpaired) electrons. The van der Waals surface area contributed by atoms with Gasteiger partial charge in [-0.1, -0.05) is 60.2 Å². The number of carbonyl (C=O) groups is 5. The lowest BCUT2D eigenvalue weighted by molar-refractivity contribution is -0.159. The maximum atomic E-state index is 12.7. The van der Waals surface area contributed by atoms with Crippen LogP contribution in [0.25, 0.3) is 0 Å². The van der Waals surface area contributed by atoms with E-state index in [-0.39, 0.29) is 18.0 Å². The molecule has 5 N–H and O–H groups in total. The Balaban J connectivity index is 0.000000530. The standard InChI is InChI=1S/C23H31N3O.2C2H2O4/c1-18-8-7-9-21(16-18)17-25-12-14-26(15-13-25)20(3)23(27)24-19(2)22-10-5-4-6-11-22;2*3-1(4)2(5)6/h4-11,16,19-20H,12-15,17H2,1-3H3,(H,24,27);2*(H,3,4)(H,5,6). The van der Waals surface area contributed by atoms with Gasteiger partial charge in [-0.05, 0) is 31.9 Å². The number of rotatable bonds is 6. The Labute approximate surface area is 226 Å². The second kappa shape index (κ2) is 16.5. The molecule has 0 saturated carbocycles. The lowest BCUT2D eigenvalue weighted by atomic mass is 10.1. The van der Waals surface area contributed by atoms with Crippen LogP contribution in [-0.4, -0.2) is 92.2 Å². The zero-order chi connectivity index (χ0) is 29.5. The smallest absolute Gasteiger partial charge is 0.414 e. The van der Waals surface area contributed by atoms with Gasteiger partial charge in [0.15, 0.2) is 0 Å². The zero-order valence-electron chi connectivity index (χ0n) is 22.1. The molecule has 2 atom stereocenters. The molecule has 1 aliphatic rings. The molecular formula is C27H35N3O9. The molecule has 0 bridgehead atoms. The quantitative estimate of drug-likeness (QED) is 0.333. The van der Waals surface area contributed by atoms with Crippen molar-refractivity contribution in [3.8, 4) is 0 Å². The third-order valence-corrected chi connectivity index (χ3v) is 5.85. The van der Waals surface area contributed by atoms with Crippen molar-refractivity contribution in [1.29, 1.82) is 0 Å². The highest BCUT2D eigenvalue weighted by atomic mass is 16.4. The first-order chi connectivity index (χ1) is 18.3. The van der Waals surface area contributed by atoms with E-state index < -0.39 is 23.9 Å². The molecule has 1 heterocycles. The van der Waals surface area contributed by atoms with Gasteiger partial charge in [-0.25, -0.2) is 19.2 Å². The van der Waals surface area contributed by atoms with Gasteiger partial charge in [-0.3, -0.25) is 14.6 Å². The summed E-state index contributed by atoms with van der Waals surface area (Å²) >= 11 is 0. The van der Waals surface area contributed by atoms with Crippen molar-refractivity contribution >= 4 is 29.8 Å². The molecule has 1 amide bonds. The van der Waals surface area contributed by atoms with Crippen molar-refractivity contribution in [1.82, 2.24) is 15.1 Å². The van der Waals surface area contributed by atoms with E-state index in [2.05, 4.69) is 58.4 Å². The zero-order valence-corrected chi connectivity index (χ0v) is 22.1. The molecule has 1 aliphatic heterocycles. The van der Waals surface area contributed by atoms with Crippen LogP contribution in [0, 0.1) is 6.92 Å². The number of nitrogens with zero attached hydrogens (tertiary/aromatic N) is 2. The summed E-state index contributed by atoms with van der Waals surface area (Å²) in [6, 6.07) is 18.8. The molecule has 3 rings (SSSR count). The number of amides is 1. The predicted molar refractivity (Wildman–Crippen MR) is 141 cm³/mol. The van der Waals surface area contributed by atoms with Crippen molar-refractivity contribution in [2.24, 2.45) is 0 Å². The Bertz CT molecular complexity index is 1070. The average molecular weight is 546 g/mol. The van der Waals surface area contributed by atoms with E-state index in [0.29, 0.717) is 0 Å². The van der Waals surface area contributed by atoms with Gasteiger partial charge in [0.05, 0.1) is 12.1 Å². The molecule has 12 nitrogen and oxygen atoms in total. The van der Waals surface area contributed by atoms with Gasteiger partial charge in [0.1, 0.15) is 0 Å². The second-order valence-corrected chi connectivity index (χ2v) is 8.84. The van der Waals surface area contributed by atoms with Gasteiger partial charge in [0, 0.05) is 32.7 Å². The van der Waals surface area contributed by atoms with Crippen LogP contribution in [0.1, 0.15) is 36.6 Å². The molecule has 2 aromatic carbocycles. The van der Waals surface area contributed by atoms with Gasteiger partial charge in [0.25, 0.3) is 0 Å². The van der Waals surface area contributed by atoms with E-state index in [1.54, 1.807) is 0 Å². The fraction of sp³-hybridized carbons (Fsp3) is 0.370. The Morgan fingerprint density at radius 2 is 1.28 bits per heavy atom. The first-order valence-electron chi connectivity index (χ1n) is 12.1. The maximum absolute atomic E-state index is 12.7. The highest BCUT2D eigenvalue weighted by Crippen LogP contribution is 2.14. The van der Waals surface area contributed by atoms with E-state index in [1.807, 2.05) is 32.0 Å². The average Bonchev–Trinajstić information content (AvgIpc) is 2.89. The van der Waals surface area contributed by atoms with Gasteiger partial charge >= 0.3 is 23.9 Å². The number of aryl methyl sites for hydroxylation is 1. The van der Waals surface area contributed by atoms with Crippen molar-refractivity contribution in [2.75, 3.05) is 26.2 Å². The molecule has 1 saturated heterocycles. The van der Waals surface area contributed by atoms with E-state index in [4.69, 9.17) is 39.6 Å². The van der Waals surface area contributed by atoms with E-state index in [9.17, 15) is 4.79 Å². The lowest BCUT2D eigenvalue weighted by Gasteiger charge is -2.37. The number of nitrogens with one attached hydrogen (secondary N) is 1. The third kappa shape index (κ3) is 12.7. The molecule has 0 aliphatic carbocycles. The minimum absolute atomic E-state index is 0.0313. The summed E-state index contributed by atoms with van der Waals surface area (Å²) in [4.78, 5) is 53.8. The number of piperazine rings is 1. The van der Waals surface area contributed by atoms with Crippen LogP contribution < -0.4 is 5.32 Å². The summed E-state index contributed by atoms with van der Waals surface area (Å²) in [6.45, 7) is 11.0. The summed E-state index contributed by atoms with van der Waals surface area (Å²) < 4.78 is 0. The van der Waals surface area contributed by atoms with Gasteiger partial charge in [0.2, 0.25) is 5.91 Å². The van der Waals surface area contributed by atoms with E-state index in [0.717, 1.165) is 38.3 Å². The van der Waals surface area contributed by atoms with Crippen molar-refractivity contribution in [2.45, 2.75) is 39.4 Å². The van der Waals surface area contributed by atoms with Crippen LogP contribution in [0.5, 0.6) is 0 Å². The minimum Gasteiger partial charge on any atom is -0.473 e. The summed E-state index contributed by atoms with van der Waals surface area (Å²) in [5.41, 5.74) is 3.82. The van der Waals surface area contributed by atoms with E-state index in [1.165, 1.54) is 11.1 Å². The Hall–Kier alpha value is -4.29. The molecule has 0 spiro atoms. The summed E-state index contributed by atoms with van der Waals surface area (Å²) in [5.74, 6) is -7.19. The number of carboxylic acid groups (broad SMARTS) is 4. The summed E-state index contributed by atoms with van der Waals surface area (Å²) in [5, 5.41) is 32.7. The van der Waals surface area contributed by atoms with Crippen LogP contribution in [0.4, 0.5) is 0 Å². The van der Waals surface area contributed by atoms with Crippen LogP contribution in [0.3, 0.4) is 0 Å². The molecule has 0 aromatic heterocycles. The van der Waals surface area contributed by atoms with Gasteiger partial charge < -0.3 is 25.7 Å². The lowest BCUT2D eigenvalue weighted by Crippen LogP contribution is -2.53. The number of benzene rings is 2. The highest BCUT2D eigenvalue weighted by Gasteiger charge is 2.26. The molecule has 12 heteroatoms. The monoisotopic (exact) mass is 545 g/mol. The first kappa shape index (κ1) is 32.7. The fourth-order valence-electron chi connectivity index (χ4n) is 3.70. The van der Waals surface area contributed by atoms with Crippen molar-refractivity contribution in [3.63, 3.8) is 0 Å². The van der Waals surface area contributed by atoms with Gasteiger partial charge in [-0.15, -0.1) is 0 Å². The molecule has 39 heavy (non-hydrogen) atoms. The predicted octanol–water partition coefficient (Wildman–Crippen LogP) is 1.69. The van der Waals surface area contributed by atoms with Crippen LogP contribution in [0.15, 0.2) is 54.6 Å². The normalized spacial score (nSPS) is 14.7. The maximum Gasteiger partial charge on any atom is 0.414 e. The number of hydrogen-bond donors (Lipinski definition) is 5. The van der Waals surface area contributed by atoms with Crippen molar-refractivity contribution in [3.05, 3.63) is 71.3 Å². The Morgan fingerprint density at radius 3 is 1.74 bits per heavy atom. The summed E-state index contributed by atoms with van der Waals surface area (Å²) in [7, 11) is 0. The van der Waals surface area contributed by atoms with Crippen molar-refractivity contribution < 1.29 is 44.4 Å². The van der Waals surface area contributed by atoms with Crippen LogP contribution in [-0.2, 0) is 30.5 Å². The molecule has 212 valence electrons. The number of aliphatic carboxylic acids is 4. The van der Waals surface area contributed by atoms with Gasteiger partial charge in [-0.2, -0.15) is 0 Å². The molecular weight excluding hydrogens is 510 g/mol. The fourth-order valence-corrected chi connectivity index (χ4v) is 3.70.